The number of aromatic nitrogens is 1. The molecule has 0 fully saturated rings. The number of hydrogen-bond donors (Lipinski definition) is 0. The number of para-hydroxylation sites is 1. The van der Waals surface area contributed by atoms with Crippen molar-refractivity contribution in [1.29, 1.82) is 0 Å². The second kappa shape index (κ2) is 9.33. The van der Waals surface area contributed by atoms with Crippen LogP contribution in [0.15, 0.2) is 64.6 Å². The summed E-state index contributed by atoms with van der Waals surface area (Å²) in [4.78, 5) is 34.9. The minimum atomic E-state index is -0.584. The number of anilines is 2. The van der Waals surface area contributed by atoms with Crippen LogP contribution in [-0.4, -0.2) is 29.4 Å². The number of cyclic esters (lactones) is 1. The molecule has 2 aromatic carbocycles. The normalized spacial score (nSPS) is 14.3. The molecule has 4 rings (SSSR count). The highest BCUT2D eigenvalue weighted by Gasteiger charge is 2.27. The molecule has 1 aliphatic heterocycles. The zero-order valence-electron chi connectivity index (χ0n) is 17.2. The molecule has 32 heavy (non-hydrogen) atoms. The maximum absolute atomic E-state index is 12.4. The smallest absolute Gasteiger partial charge is 0.363 e. The van der Waals surface area contributed by atoms with E-state index < -0.39 is 5.97 Å². The lowest BCUT2D eigenvalue weighted by Gasteiger charge is -2.18. The topological polar surface area (TPSA) is 81.1 Å². The van der Waals surface area contributed by atoms with Crippen LogP contribution < -0.4 is 9.64 Å². The van der Waals surface area contributed by atoms with E-state index in [1.165, 1.54) is 29.2 Å². The molecule has 7 nitrogen and oxygen atoms in total. The third-order valence-corrected chi connectivity index (χ3v) is 5.48. The monoisotopic (exact) mass is 467 g/mol. The molecule has 0 aliphatic carbocycles. The molecule has 0 saturated carbocycles. The number of amides is 1. The van der Waals surface area contributed by atoms with Crippen LogP contribution in [0, 0.1) is 0 Å². The lowest BCUT2D eigenvalue weighted by Crippen LogP contribution is -2.22. The van der Waals surface area contributed by atoms with Gasteiger partial charge in [0.15, 0.2) is 10.8 Å². The number of benzene rings is 2. The van der Waals surface area contributed by atoms with Gasteiger partial charge < -0.3 is 9.47 Å². The lowest BCUT2D eigenvalue weighted by molar-refractivity contribution is -0.130. The summed E-state index contributed by atoms with van der Waals surface area (Å²) in [7, 11) is 0. The summed E-state index contributed by atoms with van der Waals surface area (Å²) in [5.41, 5.74) is 1.79. The van der Waals surface area contributed by atoms with Gasteiger partial charge in [-0.15, -0.1) is 11.3 Å². The zero-order valence-corrected chi connectivity index (χ0v) is 18.8. The van der Waals surface area contributed by atoms with Crippen molar-refractivity contribution >= 4 is 57.6 Å². The molecule has 0 N–H and O–H groups in total. The number of halogens is 1. The lowest BCUT2D eigenvalue weighted by atomic mass is 10.2. The van der Waals surface area contributed by atoms with Crippen molar-refractivity contribution < 1.29 is 19.1 Å². The highest BCUT2D eigenvalue weighted by atomic mass is 35.5. The van der Waals surface area contributed by atoms with Gasteiger partial charge in [0.05, 0.1) is 23.6 Å². The number of rotatable bonds is 6. The Labute approximate surface area is 193 Å². The standard InChI is InChI=1S/C23H18ClN3O4S/c1-3-30-20-10-5-4-9-18(20)21-26-19(22(29)31-21)12-16-13-32-23(25-16)27(14(2)28)17-8-6-7-15(24)11-17/h4-13H,3H2,1-2H3/b19-12-. The molecule has 162 valence electrons. The summed E-state index contributed by atoms with van der Waals surface area (Å²) in [5.74, 6) is -0.0459. The quantitative estimate of drug-likeness (QED) is 0.366. The van der Waals surface area contributed by atoms with Crippen LogP contribution in [0.5, 0.6) is 5.75 Å². The SMILES string of the molecule is CCOc1ccccc1C1=N/C(=C\c2csc(N(C(C)=O)c3cccc(Cl)c3)n2)C(=O)O1. The van der Waals surface area contributed by atoms with Crippen molar-refractivity contribution in [2.24, 2.45) is 4.99 Å². The third kappa shape index (κ3) is 4.56. The zero-order chi connectivity index (χ0) is 22.7. The highest BCUT2D eigenvalue weighted by Crippen LogP contribution is 2.32. The van der Waals surface area contributed by atoms with Crippen molar-refractivity contribution in [3.8, 4) is 5.75 Å². The number of thiazole rings is 1. The molecule has 0 saturated heterocycles. The van der Waals surface area contributed by atoms with Gasteiger partial charge in [0.1, 0.15) is 5.75 Å². The van der Waals surface area contributed by atoms with E-state index in [2.05, 4.69) is 9.98 Å². The van der Waals surface area contributed by atoms with Crippen molar-refractivity contribution in [3.05, 3.63) is 75.9 Å². The fourth-order valence-corrected chi connectivity index (χ4v) is 4.11. The van der Waals surface area contributed by atoms with Crippen LogP contribution in [0.25, 0.3) is 6.08 Å². The Hall–Kier alpha value is -3.49. The minimum Gasteiger partial charge on any atom is -0.493 e. The molecule has 3 aromatic rings. The van der Waals surface area contributed by atoms with Gasteiger partial charge in [-0.2, -0.15) is 0 Å². The van der Waals surface area contributed by atoms with Crippen molar-refractivity contribution in [2.75, 3.05) is 11.5 Å². The third-order valence-electron chi connectivity index (χ3n) is 4.40. The van der Waals surface area contributed by atoms with Gasteiger partial charge in [-0.05, 0) is 43.3 Å². The van der Waals surface area contributed by atoms with Crippen molar-refractivity contribution in [2.45, 2.75) is 13.8 Å². The number of esters is 1. The average Bonchev–Trinajstić information content (AvgIpc) is 3.36. The molecule has 1 aromatic heterocycles. The van der Waals surface area contributed by atoms with Crippen LogP contribution in [0.4, 0.5) is 10.8 Å². The Kier molecular flexibility index (Phi) is 6.34. The van der Waals surface area contributed by atoms with Gasteiger partial charge in [-0.1, -0.05) is 29.8 Å². The van der Waals surface area contributed by atoms with Crippen LogP contribution in [-0.2, 0) is 14.3 Å². The average molecular weight is 468 g/mol. The molecular formula is C23H18ClN3O4S. The molecule has 0 unspecified atom stereocenters. The fraction of sp³-hybridized carbons (Fsp3) is 0.130. The van der Waals surface area contributed by atoms with E-state index >= 15 is 0 Å². The molecule has 1 aliphatic rings. The molecule has 1 amide bonds. The largest absolute Gasteiger partial charge is 0.493 e. The van der Waals surface area contributed by atoms with Crippen LogP contribution in [0.3, 0.4) is 0 Å². The molecule has 0 bridgehead atoms. The van der Waals surface area contributed by atoms with E-state index in [9.17, 15) is 9.59 Å². The first-order chi connectivity index (χ1) is 15.5. The first-order valence-corrected chi connectivity index (χ1v) is 11.0. The molecule has 0 radical (unpaired) electrons. The van der Waals surface area contributed by atoms with Crippen LogP contribution >= 0.6 is 22.9 Å². The van der Waals surface area contributed by atoms with Crippen LogP contribution in [0.2, 0.25) is 5.02 Å². The number of carbonyl (C=O) groups excluding carboxylic acids is 2. The van der Waals surface area contributed by atoms with E-state index in [-0.39, 0.29) is 17.5 Å². The summed E-state index contributed by atoms with van der Waals surface area (Å²) >= 11 is 7.33. The minimum absolute atomic E-state index is 0.111. The Morgan fingerprint density at radius 2 is 2.06 bits per heavy atom. The van der Waals surface area contributed by atoms with Gasteiger partial charge in [0, 0.05) is 17.3 Å². The highest BCUT2D eigenvalue weighted by molar-refractivity contribution is 7.14. The second-order valence-corrected chi connectivity index (χ2v) is 7.93. The second-order valence-electron chi connectivity index (χ2n) is 6.65. The number of hydrogen-bond acceptors (Lipinski definition) is 7. The number of carbonyl (C=O) groups is 2. The van der Waals surface area contributed by atoms with E-state index in [0.29, 0.717) is 39.5 Å². The summed E-state index contributed by atoms with van der Waals surface area (Å²) in [5, 5.41) is 2.69. The predicted octanol–water partition coefficient (Wildman–Crippen LogP) is 5.22. The Balaban J connectivity index is 1.64. The van der Waals surface area contributed by atoms with E-state index in [1.54, 1.807) is 41.8 Å². The fourth-order valence-electron chi connectivity index (χ4n) is 3.08. The first-order valence-electron chi connectivity index (χ1n) is 9.73. The number of aliphatic imine (C=N–C) groups is 1. The summed E-state index contributed by atoms with van der Waals surface area (Å²) in [6.07, 6.45) is 1.52. The molecule has 0 spiro atoms. The summed E-state index contributed by atoms with van der Waals surface area (Å²) in [6.45, 7) is 3.79. The summed E-state index contributed by atoms with van der Waals surface area (Å²) in [6, 6.07) is 14.2. The van der Waals surface area contributed by atoms with E-state index in [4.69, 9.17) is 21.1 Å². The van der Waals surface area contributed by atoms with Crippen molar-refractivity contribution in [1.82, 2.24) is 4.98 Å². The Bertz CT molecular complexity index is 1250. The van der Waals surface area contributed by atoms with Gasteiger partial charge in [0.2, 0.25) is 11.8 Å². The first kappa shape index (κ1) is 21.7. The number of ether oxygens (including phenoxy) is 2. The Morgan fingerprint density at radius 3 is 2.81 bits per heavy atom. The van der Waals surface area contributed by atoms with Crippen LogP contribution in [0.1, 0.15) is 25.1 Å². The molecular weight excluding hydrogens is 450 g/mol. The van der Waals surface area contributed by atoms with E-state index in [1.807, 2.05) is 19.1 Å². The van der Waals surface area contributed by atoms with Gasteiger partial charge >= 0.3 is 5.97 Å². The molecule has 2 heterocycles. The van der Waals surface area contributed by atoms with E-state index in [0.717, 1.165) is 0 Å². The maximum Gasteiger partial charge on any atom is 0.363 e. The molecule has 9 heteroatoms. The predicted molar refractivity (Wildman–Crippen MR) is 125 cm³/mol. The summed E-state index contributed by atoms with van der Waals surface area (Å²) < 4.78 is 10.9. The molecule has 0 atom stereocenters. The van der Waals surface area contributed by atoms with Gasteiger partial charge in [0.25, 0.3) is 0 Å². The maximum atomic E-state index is 12.4. The Morgan fingerprint density at radius 1 is 1.25 bits per heavy atom. The van der Waals surface area contributed by atoms with Gasteiger partial charge in [-0.3, -0.25) is 9.69 Å². The van der Waals surface area contributed by atoms with Crippen molar-refractivity contribution in [3.63, 3.8) is 0 Å². The van der Waals surface area contributed by atoms with Gasteiger partial charge in [-0.25, -0.2) is 14.8 Å². The number of nitrogens with zero attached hydrogens (tertiary/aromatic N) is 3.